The largest absolute Gasteiger partial charge is 0.376 e. The van der Waals surface area contributed by atoms with Gasteiger partial charge < -0.3 is 10.2 Å². The van der Waals surface area contributed by atoms with E-state index in [1.54, 1.807) is 0 Å². The Balaban J connectivity index is 1.04. The average molecular weight is 717 g/mol. The molecule has 2 N–H and O–H groups in total. The predicted octanol–water partition coefficient (Wildman–Crippen LogP) is 12.5. The van der Waals surface area contributed by atoms with Gasteiger partial charge in [0.1, 0.15) is 11.2 Å². The van der Waals surface area contributed by atoms with E-state index in [4.69, 9.17) is 0 Å². The molecular weight excluding hydrogens is 681 g/mol. The van der Waals surface area contributed by atoms with Gasteiger partial charge in [0.2, 0.25) is 0 Å². The first-order valence-electron chi connectivity index (χ1n) is 19.2. The van der Waals surface area contributed by atoms with Gasteiger partial charge in [-0.2, -0.15) is 0 Å². The highest BCUT2D eigenvalue weighted by Gasteiger charge is 2.50. The molecule has 2 nitrogen and oxygen atoms in total. The van der Waals surface area contributed by atoms with Gasteiger partial charge in [-0.25, -0.2) is 0 Å². The van der Waals surface area contributed by atoms with Crippen molar-refractivity contribution in [2.24, 2.45) is 0 Å². The minimum Gasteiger partial charge on any atom is -0.376 e. The topological polar surface area (TPSA) is 40.5 Å². The SMILES string of the molecule is OC1(c2ccc3cc4cc(-c5ccccc5)ccc4cc3c2)c2ccccc2C(O)(c2ccc3cc4cc(-c5ccccc5)ccc4cc3c2)c2ccccc21. The standard InChI is InChI=1S/C54H36O2/c55-53(47-25-23-41-29-43-27-37(35-11-3-1-4-12-35)19-21-39(43)31-45(41)33-47)49-15-7-9-17-51(49)54(56,52-18-10-8-16-50(52)53)48-26-24-42-30-44-28-38(36-13-5-2-6-14-36)20-22-40(44)32-46(42)34-48/h1-34,55-56H. The van der Waals surface area contributed by atoms with Crippen LogP contribution in [-0.2, 0) is 11.2 Å². The lowest BCUT2D eigenvalue weighted by atomic mass is 9.63. The first kappa shape index (κ1) is 32.6. The number of hydrogen-bond acceptors (Lipinski definition) is 2. The van der Waals surface area contributed by atoms with Gasteiger partial charge in [-0.1, -0.05) is 158 Å². The first-order chi connectivity index (χ1) is 27.5. The van der Waals surface area contributed by atoms with E-state index in [9.17, 15) is 10.2 Å². The van der Waals surface area contributed by atoms with Crippen molar-refractivity contribution >= 4 is 43.1 Å². The van der Waals surface area contributed by atoms with Crippen LogP contribution in [0.2, 0.25) is 0 Å². The van der Waals surface area contributed by atoms with Gasteiger partial charge in [0, 0.05) is 0 Å². The molecule has 0 saturated carbocycles. The zero-order valence-corrected chi connectivity index (χ0v) is 30.5. The summed E-state index contributed by atoms with van der Waals surface area (Å²) in [4.78, 5) is 0. The van der Waals surface area contributed by atoms with Crippen molar-refractivity contribution in [2.45, 2.75) is 11.2 Å². The lowest BCUT2D eigenvalue weighted by Gasteiger charge is -2.45. The van der Waals surface area contributed by atoms with Crippen LogP contribution in [0.1, 0.15) is 33.4 Å². The zero-order chi connectivity index (χ0) is 37.4. The highest BCUT2D eigenvalue weighted by atomic mass is 16.3. The Hall–Kier alpha value is -6.84. The molecule has 10 aromatic rings. The average Bonchev–Trinajstić information content (AvgIpc) is 3.26. The number of hydrogen-bond donors (Lipinski definition) is 2. The molecule has 0 unspecified atom stereocenters. The molecule has 0 heterocycles. The first-order valence-corrected chi connectivity index (χ1v) is 19.2. The second kappa shape index (κ2) is 12.3. The molecule has 0 aliphatic heterocycles. The second-order valence-electron chi connectivity index (χ2n) is 15.2. The summed E-state index contributed by atoms with van der Waals surface area (Å²) < 4.78 is 0. The molecule has 264 valence electrons. The Bertz CT molecular complexity index is 2900. The van der Waals surface area contributed by atoms with E-state index >= 15 is 0 Å². The zero-order valence-electron chi connectivity index (χ0n) is 30.5. The highest BCUT2D eigenvalue weighted by molar-refractivity contribution is 6.01. The summed E-state index contributed by atoms with van der Waals surface area (Å²) in [5.74, 6) is 0. The molecule has 11 rings (SSSR count). The molecule has 2 heteroatoms. The summed E-state index contributed by atoms with van der Waals surface area (Å²) >= 11 is 0. The maximum atomic E-state index is 13.2. The van der Waals surface area contributed by atoms with E-state index in [0.717, 1.165) is 43.4 Å². The molecule has 0 spiro atoms. The monoisotopic (exact) mass is 716 g/mol. The summed E-state index contributed by atoms with van der Waals surface area (Å²) in [5.41, 5.74) is 5.91. The molecule has 0 bridgehead atoms. The Morgan fingerprint density at radius 1 is 0.232 bits per heavy atom. The lowest BCUT2D eigenvalue weighted by Crippen LogP contribution is -2.44. The van der Waals surface area contributed by atoms with Crippen LogP contribution >= 0.6 is 0 Å². The number of benzene rings is 10. The van der Waals surface area contributed by atoms with Crippen LogP contribution in [0.3, 0.4) is 0 Å². The molecule has 56 heavy (non-hydrogen) atoms. The Kier molecular flexibility index (Phi) is 7.18. The molecule has 0 fully saturated rings. The third kappa shape index (κ3) is 4.90. The number of rotatable bonds is 4. The van der Waals surface area contributed by atoms with Gasteiger partial charge in [0.15, 0.2) is 0 Å². The molecule has 0 saturated heterocycles. The van der Waals surface area contributed by atoms with E-state index in [1.807, 2.05) is 72.8 Å². The fourth-order valence-corrected chi connectivity index (χ4v) is 9.21. The Morgan fingerprint density at radius 3 is 0.893 bits per heavy atom. The fourth-order valence-electron chi connectivity index (χ4n) is 9.21. The molecule has 0 atom stereocenters. The highest BCUT2D eigenvalue weighted by Crippen LogP contribution is 2.53. The van der Waals surface area contributed by atoms with Crippen molar-refractivity contribution in [2.75, 3.05) is 0 Å². The molecule has 1 aliphatic rings. The second-order valence-corrected chi connectivity index (χ2v) is 15.2. The van der Waals surface area contributed by atoms with Gasteiger partial charge in [0.25, 0.3) is 0 Å². The summed E-state index contributed by atoms with van der Waals surface area (Å²) in [5, 5.41) is 35.4. The smallest absolute Gasteiger partial charge is 0.141 e. The molecule has 0 amide bonds. The van der Waals surface area contributed by atoms with Gasteiger partial charge in [-0.3, -0.25) is 0 Å². The van der Waals surface area contributed by atoms with Crippen LogP contribution in [0.15, 0.2) is 206 Å². The van der Waals surface area contributed by atoms with Gasteiger partial charge in [-0.05, 0) is 147 Å². The van der Waals surface area contributed by atoms with E-state index in [1.165, 1.54) is 33.0 Å². The van der Waals surface area contributed by atoms with Crippen LogP contribution in [0.5, 0.6) is 0 Å². The van der Waals surface area contributed by atoms with Crippen molar-refractivity contribution < 1.29 is 10.2 Å². The minimum absolute atomic E-state index is 0.667. The van der Waals surface area contributed by atoms with E-state index in [0.29, 0.717) is 22.3 Å². The van der Waals surface area contributed by atoms with E-state index < -0.39 is 11.2 Å². The van der Waals surface area contributed by atoms with Crippen LogP contribution in [0.4, 0.5) is 0 Å². The minimum atomic E-state index is -1.51. The van der Waals surface area contributed by atoms with Gasteiger partial charge in [0.05, 0.1) is 0 Å². The van der Waals surface area contributed by atoms with Crippen molar-refractivity contribution in [3.05, 3.63) is 240 Å². The quantitative estimate of drug-likeness (QED) is 0.178. The van der Waals surface area contributed by atoms with Gasteiger partial charge >= 0.3 is 0 Å². The molecule has 1 aliphatic carbocycles. The maximum Gasteiger partial charge on any atom is 0.141 e. The molecular formula is C54H36O2. The maximum absolute atomic E-state index is 13.2. The molecule has 0 aromatic heterocycles. The Labute approximate surface area is 325 Å². The third-order valence-electron chi connectivity index (χ3n) is 12.1. The molecule has 0 radical (unpaired) electrons. The van der Waals surface area contributed by atoms with Gasteiger partial charge in [-0.15, -0.1) is 0 Å². The number of aliphatic hydroxyl groups is 2. The van der Waals surface area contributed by atoms with Crippen LogP contribution < -0.4 is 0 Å². The third-order valence-corrected chi connectivity index (χ3v) is 12.1. The Morgan fingerprint density at radius 2 is 0.536 bits per heavy atom. The van der Waals surface area contributed by atoms with Crippen molar-refractivity contribution in [1.29, 1.82) is 0 Å². The van der Waals surface area contributed by atoms with Crippen LogP contribution in [0, 0.1) is 0 Å². The van der Waals surface area contributed by atoms with Crippen molar-refractivity contribution in [3.63, 3.8) is 0 Å². The number of fused-ring (bicyclic) bond motifs is 6. The van der Waals surface area contributed by atoms with Crippen molar-refractivity contribution in [1.82, 2.24) is 0 Å². The molecule has 10 aromatic carbocycles. The van der Waals surface area contributed by atoms with E-state index in [-0.39, 0.29) is 0 Å². The lowest BCUT2D eigenvalue weighted by molar-refractivity contribution is 0.0749. The summed E-state index contributed by atoms with van der Waals surface area (Å²) in [7, 11) is 0. The van der Waals surface area contributed by atoms with E-state index in [2.05, 4.69) is 133 Å². The summed E-state index contributed by atoms with van der Waals surface area (Å²) in [6.45, 7) is 0. The predicted molar refractivity (Wildman–Crippen MR) is 231 cm³/mol. The van der Waals surface area contributed by atoms with Crippen LogP contribution in [-0.4, -0.2) is 10.2 Å². The summed E-state index contributed by atoms with van der Waals surface area (Å²) in [6.07, 6.45) is 0. The normalized spacial score (nSPS) is 17.6. The summed E-state index contributed by atoms with van der Waals surface area (Å²) in [6, 6.07) is 71.2. The fraction of sp³-hybridized carbons (Fsp3) is 0.0370. The van der Waals surface area contributed by atoms with Crippen molar-refractivity contribution in [3.8, 4) is 22.3 Å². The van der Waals surface area contributed by atoms with Crippen LogP contribution in [0.25, 0.3) is 65.3 Å².